The Kier molecular flexibility index (Phi) is 5.76. The molecule has 22 heavy (non-hydrogen) atoms. The molecule has 0 aliphatic carbocycles. The van der Waals surface area contributed by atoms with E-state index in [-0.39, 0.29) is 12.1 Å². The van der Waals surface area contributed by atoms with E-state index >= 15 is 0 Å². The van der Waals surface area contributed by atoms with Crippen molar-refractivity contribution in [3.05, 3.63) is 42.6 Å². The molecule has 0 aliphatic rings. The largest absolute Gasteiger partial charge is 0.478 e. The van der Waals surface area contributed by atoms with E-state index in [1.807, 2.05) is 36.7 Å². The molecule has 2 heterocycles. The summed E-state index contributed by atoms with van der Waals surface area (Å²) in [5, 5.41) is 5.69. The van der Waals surface area contributed by atoms with E-state index in [1.165, 1.54) is 0 Å². The van der Waals surface area contributed by atoms with Crippen LogP contribution in [0, 0.1) is 0 Å². The van der Waals surface area contributed by atoms with Crippen LogP contribution in [0.5, 0.6) is 5.88 Å². The number of nitrogens with one attached hydrogen (secondary N) is 2. The van der Waals surface area contributed by atoms with E-state index in [0.717, 1.165) is 5.56 Å². The van der Waals surface area contributed by atoms with Crippen molar-refractivity contribution in [1.82, 2.24) is 25.2 Å². The fourth-order valence-corrected chi connectivity index (χ4v) is 2.03. The molecule has 2 amide bonds. The molecule has 0 bridgehead atoms. The normalized spacial score (nSPS) is 11.7. The van der Waals surface area contributed by atoms with Crippen molar-refractivity contribution in [3.8, 4) is 5.88 Å². The molecule has 2 aromatic rings. The van der Waals surface area contributed by atoms with Crippen molar-refractivity contribution in [3.63, 3.8) is 0 Å². The third-order valence-electron chi connectivity index (χ3n) is 2.99. The Morgan fingerprint density at radius 3 is 3.05 bits per heavy atom. The van der Waals surface area contributed by atoms with Crippen molar-refractivity contribution in [2.75, 3.05) is 6.61 Å². The Labute approximate surface area is 129 Å². The average molecular weight is 303 g/mol. The average Bonchev–Trinajstić information content (AvgIpc) is 2.99. The second kappa shape index (κ2) is 8.02. The number of urea groups is 1. The maximum Gasteiger partial charge on any atom is 0.315 e. The van der Waals surface area contributed by atoms with Crippen LogP contribution in [-0.4, -0.2) is 33.2 Å². The Bertz CT molecular complexity index is 585. The summed E-state index contributed by atoms with van der Waals surface area (Å²) in [5.74, 6) is 0.553. The zero-order chi connectivity index (χ0) is 15.8. The lowest BCUT2D eigenvalue weighted by Gasteiger charge is -2.15. The summed E-state index contributed by atoms with van der Waals surface area (Å²) in [4.78, 5) is 20.0. The summed E-state index contributed by atoms with van der Waals surface area (Å²) in [5.41, 5.74) is 0.849. The molecule has 0 saturated heterocycles. The summed E-state index contributed by atoms with van der Waals surface area (Å²) < 4.78 is 7.34. The lowest BCUT2D eigenvalue weighted by atomic mass is 10.2. The zero-order valence-electron chi connectivity index (χ0n) is 12.8. The first-order valence-corrected chi connectivity index (χ1v) is 7.25. The number of amides is 2. The predicted octanol–water partition coefficient (Wildman–Crippen LogP) is 1.56. The van der Waals surface area contributed by atoms with Gasteiger partial charge in [-0.25, -0.2) is 14.8 Å². The number of carbonyl (C=O) groups is 1. The van der Waals surface area contributed by atoms with E-state index in [9.17, 15) is 4.79 Å². The Balaban J connectivity index is 1.80. The standard InChI is InChI=1S/C15H21N5O2/c1-3-22-14-13(5-4-6-17-14)9-18-15(21)19-12(2)10-20-8-7-16-11-20/h4-8,11-12H,3,9-10H2,1-2H3,(H2,18,19,21). The first-order chi connectivity index (χ1) is 10.7. The molecule has 7 nitrogen and oxygen atoms in total. The van der Waals surface area contributed by atoms with E-state index < -0.39 is 0 Å². The SMILES string of the molecule is CCOc1ncccc1CNC(=O)NC(C)Cn1ccnc1. The molecule has 0 aliphatic heterocycles. The first kappa shape index (κ1) is 15.8. The van der Waals surface area contributed by atoms with Gasteiger partial charge in [-0.3, -0.25) is 0 Å². The molecule has 1 unspecified atom stereocenters. The number of nitrogens with zero attached hydrogens (tertiary/aromatic N) is 3. The number of aromatic nitrogens is 3. The predicted molar refractivity (Wildman–Crippen MR) is 82.5 cm³/mol. The summed E-state index contributed by atoms with van der Waals surface area (Å²) in [6, 6.07) is 3.47. The zero-order valence-corrected chi connectivity index (χ0v) is 12.8. The molecule has 2 aromatic heterocycles. The van der Waals surface area contributed by atoms with Gasteiger partial charge in [0, 0.05) is 43.3 Å². The molecule has 0 aromatic carbocycles. The van der Waals surface area contributed by atoms with E-state index in [0.29, 0.717) is 25.6 Å². The number of hydrogen-bond donors (Lipinski definition) is 2. The molecule has 2 rings (SSSR count). The van der Waals surface area contributed by atoms with Gasteiger partial charge >= 0.3 is 6.03 Å². The Morgan fingerprint density at radius 1 is 1.45 bits per heavy atom. The minimum atomic E-state index is -0.223. The number of rotatable bonds is 7. The number of pyridine rings is 1. The lowest BCUT2D eigenvalue weighted by molar-refractivity contribution is 0.236. The fraction of sp³-hybridized carbons (Fsp3) is 0.400. The van der Waals surface area contributed by atoms with Crippen LogP contribution in [0.3, 0.4) is 0 Å². The molecule has 0 saturated carbocycles. The van der Waals surface area contributed by atoms with Gasteiger partial charge in [-0.05, 0) is 19.9 Å². The molecular formula is C15H21N5O2. The van der Waals surface area contributed by atoms with E-state index in [4.69, 9.17) is 4.74 Å². The van der Waals surface area contributed by atoms with Crippen molar-refractivity contribution >= 4 is 6.03 Å². The molecule has 7 heteroatoms. The quantitative estimate of drug-likeness (QED) is 0.813. The van der Waals surface area contributed by atoms with Crippen LogP contribution in [0.1, 0.15) is 19.4 Å². The van der Waals surface area contributed by atoms with Crippen molar-refractivity contribution < 1.29 is 9.53 Å². The first-order valence-electron chi connectivity index (χ1n) is 7.25. The van der Waals surface area contributed by atoms with Gasteiger partial charge in [0.05, 0.1) is 12.9 Å². The van der Waals surface area contributed by atoms with Crippen molar-refractivity contribution in [2.45, 2.75) is 33.0 Å². The molecule has 0 radical (unpaired) electrons. The van der Waals surface area contributed by atoms with Crippen LogP contribution >= 0.6 is 0 Å². The topological polar surface area (TPSA) is 81.1 Å². The maximum absolute atomic E-state index is 11.9. The highest BCUT2D eigenvalue weighted by Crippen LogP contribution is 2.13. The maximum atomic E-state index is 11.9. The summed E-state index contributed by atoms with van der Waals surface area (Å²) in [7, 11) is 0. The van der Waals surface area contributed by atoms with Crippen LogP contribution in [-0.2, 0) is 13.1 Å². The molecule has 0 fully saturated rings. The third kappa shape index (κ3) is 4.76. The van der Waals surface area contributed by atoms with Gasteiger partial charge in [0.15, 0.2) is 0 Å². The minimum Gasteiger partial charge on any atom is -0.478 e. The van der Waals surface area contributed by atoms with Gasteiger partial charge in [-0.1, -0.05) is 6.07 Å². The van der Waals surface area contributed by atoms with Crippen LogP contribution in [0.15, 0.2) is 37.1 Å². The highest BCUT2D eigenvalue weighted by Gasteiger charge is 2.09. The van der Waals surface area contributed by atoms with Crippen molar-refractivity contribution in [1.29, 1.82) is 0 Å². The van der Waals surface area contributed by atoms with Gasteiger partial charge in [0.2, 0.25) is 5.88 Å². The summed E-state index contributed by atoms with van der Waals surface area (Å²) in [6.07, 6.45) is 6.96. The number of imidazole rings is 1. The molecule has 2 N–H and O–H groups in total. The van der Waals surface area contributed by atoms with Gasteiger partial charge < -0.3 is 19.9 Å². The van der Waals surface area contributed by atoms with Crippen molar-refractivity contribution in [2.24, 2.45) is 0 Å². The second-order valence-electron chi connectivity index (χ2n) is 4.89. The highest BCUT2D eigenvalue weighted by atomic mass is 16.5. The van der Waals surface area contributed by atoms with Crippen LogP contribution in [0.2, 0.25) is 0 Å². The van der Waals surface area contributed by atoms with E-state index in [1.54, 1.807) is 18.7 Å². The van der Waals surface area contributed by atoms with E-state index in [2.05, 4.69) is 20.6 Å². The summed E-state index contributed by atoms with van der Waals surface area (Å²) in [6.45, 7) is 5.42. The van der Waals surface area contributed by atoms with Gasteiger partial charge in [-0.15, -0.1) is 0 Å². The molecule has 0 spiro atoms. The number of ether oxygens (including phenoxy) is 1. The molecular weight excluding hydrogens is 282 g/mol. The second-order valence-corrected chi connectivity index (χ2v) is 4.89. The number of hydrogen-bond acceptors (Lipinski definition) is 4. The van der Waals surface area contributed by atoms with Gasteiger partial charge in [-0.2, -0.15) is 0 Å². The molecule has 1 atom stereocenters. The highest BCUT2D eigenvalue weighted by molar-refractivity contribution is 5.74. The Hall–Kier alpha value is -2.57. The van der Waals surface area contributed by atoms with Crippen LogP contribution in [0.4, 0.5) is 4.79 Å². The van der Waals surface area contributed by atoms with Crippen LogP contribution < -0.4 is 15.4 Å². The van der Waals surface area contributed by atoms with Crippen LogP contribution in [0.25, 0.3) is 0 Å². The van der Waals surface area contributed by atoms with Gasteiger partial charge in [0.25, 0.3) is 0 Å². The Morgan fingerprint density at radius 2 is 2.32 bits per heavy atom. The molecule has 118 valence electrons. The fourth-order valence-electron chi connectivity index (χ4n) is 2.03. The number of carbonyl (C=O) groups excluding carboxylic acids is 1. The summed E-state index contributed by atoms with van der Waals surface area (Å²) >= 11 is 0. The third-order valence-corrected chi connectivity index (χ3v) is 2.99. The lowest BCUT2D eigenvalue weighted by Crippen LogP contribution is -2.42. The monoisotopic (exact) mass is 303 g/mol. The van der Waals surface area contributed by atoms with Gasteiger partial charge in [0.1, 0.15) is 0 Å². The minimum absolute atomic E-state index is 0.00513. The smallest absolute Gasteiger partial charge is 0.315 e.